The van der Waals surface area contributed by atoms with Crippen molar-refractivity contribution in [2.45, 2.75) is 6.92 Å². The van der Waals surface area contributed by atoms with Gasteiger partial charge >= 0.3 is 0 Å². The lowest BCUT2D eigenvalue weighted by Gasteiger charge is -2.12. The Morgan fingerprint density at radius 3 is 2.37 bits per heavy atom. The Hall–Kier alpha value is -2.93. The fourth-order valence-electron chi connectivity index (χ4n) is 2.60. The summed E-state index contributed by atoms with van der Waals surface area (Å²) in [6.07, 6.45) is 1.75. The number of benzene rings is 2. The fourth-order valence-corrected chi connectivity index (χ4v) is 3.43. The van der Waals surface area contributed by atoms with E-state index < -0.39 is 0 Å². The van der Waals surface area contributed by atoms with E-state index in [2.05, 4.69) is 10.3 Å². The standard InChI is InChI=1S/C20H20N2O4S/c1-12-6-5-7-14(8-12)21-20-22-19(23)18(27-20)10-13-9-16(25-3)17(26-4)11-15(13)24-2/h5-11H,1-4H3,(H,21,22,23)/b18-10-. The number of nitrogens with zero attached hydrogens (tertiary/aromatic N) is 1. The molecule has 2 aromatic carbocycles. The minimum Gasteiger partial charge on any atom is -0.496 e. The molecule has 3 rings (SSSR count). The van der Waals surface area contributed by atoms with Crippen molar-refractivity contribution in [2.75, 3.05) is 21.3 Å². The van der Waals surface area contributed by atoms with E-state index in [0.29, 0.717) is 32.9 Å². The van der Waals surface area contributed by atoms with Gasteiger partial charge in [-0.25, -0.2) is 4.99 Å². The van der Waals surface area contributed by atoms with E-state index in [9.17, 15) is 4.79 Å². The molecule has 7 heteroatoms. The zero-order valence-electron chi connectivity index (χ0n) is 15.5. The number of rotatable bonds is 5. The molecule has 1 N–H and O–H groups in total. The third-order valence-corrected chi connectivity index (χ3v) is 4.82. The summed E-state index contributed by atoms with van der Waals surface area (Å²) >= 11 is 1.28. The Balaban J connectivity index is 1.92. The van der Waals surface area contributed by atoms with Crippen LogP contribution in [0.1, 0.15) is 11.1 Å². The molecule has 0 saturated carbocycles. The number of nitrogens with one attached hydrogen (secondary N) is 1. The van der Waals surface area contributed by atoms with Crippen LogP contribution in [0.2, 0.25) is 0 Å². The highest BCUT2D eigenvalue weighted by atomic mass is 32.2. The quantitative estimate of drug-likeness (QED) is 0.792. The SMILES string of the molecule is COc1cc(OC)c(OC)cc1/C=C1\SC(=Nc2cccc(C)c2)NC1=O. The van der Waals surface area contributed by atoms with E-state index >= 15 is 0 Å². The van der Waals surface area contributed by atoms with Crippen LogP contribution >= 0.6 is 11.8 Å². The lowest BCUT2D eigenvalue weighted by Crippen LogP contribution is -2.19. The van der Waals surface area contributed by atoms with Crippen molar-refractivity contribution in [1.82, 2.24) is 5.32 Å². The van der Waals surface area contributed by atoms with Gasteiger partial charge in [-0.1, -0.05) is 12.1 Å². The molecule has 1 amide bonds. The van der Waals surface area contributed by atoms with Gasteiger partial charge in [-0.3, -0.25) is 4.79 Å². The van der Waals surface area contributed by atoms with Crippen LogP contribution < -0.4 is 19.5 Å². The topological polar surface area (TPSA) is 69.2 Å². The van der Waals surface area contributed by atoms with Gasteiger partial charge in [0.1, 0.15) is 5.75 Å². The molecule has 0 aromatic heterocycles. The van der Waals surface area contributed by atoms with E-state index in [1.54, 1.807) is 39.5 Å². The number of carbonyl (C=O) groups excluding carboxylic acids is 1. The molecule has 2 aromatic rings. The molecule has 1 aliphatic heterocycles. The normalized spacial score (nSPS) is 16.5. The minimum atomic E-state index is -0.205. The predicted octanol–water partition coefficient (Wildman–Crippen LogP) is 3.91. The number of amides is 1. The second kappa shape index (κ2) is 8.18. The first-order valence-corrected chi connectivity index (χ1v) is 9.02. The monoisotopic (exact) mass is 384 g/mol. The molecular formula is C20H20N2O4S. The van der Waals surface area contributed by atoms with Crippen molar-refractivity contribution in [3.8, 4) is 17.2 Å². The Bertz CT molecular complexity index is 938. The lowest BCUT2D eigenvalue weighted by molar-refractivity contribution is -0.115. The Morgan fingerprint density at radius 2 is 1.70 bits per heavy atom. The number of amidine groups is 1. The third kappa shape index (κ3) is 4.25. The smallest absolute Gasteiger partial charge is 0.264 e. The van der Waals surface area contributed by atoms with Gasteiger partial charge in [0.2, 0.25) is 0 Å². The van der Waals surface area contributed by atoms with Crippen molar-refractivity contribution in [2.24, 2.45) is 4.99 Å². The van der Waals surface area contributed by atoms with Gasteiger partial charge in [-0.05, 0) is 48.5 Å². The summed E-state index contributed by atoms with van der Waals surface area (Å²) in [5.41, 5.74) is 2.62. The Labute approximate surface area is 162 Å². The van der Waals surface area contributed by atoms with Crippen LogP contribution in [0, 0.1) is 6.92 Å². The molecule has 0 bridgehead atoms. The molecule has 27 heavy (non-hydrogen) atoms. The minimum absolute atomic E-state index is 0.205. The van der Waals surface area contributed by atoms with Gasteiger partial charge in [-0.2, -0.15) is 0 Å². The number of methoxy groups -OCH3 is 3. The average Bonchev–Trinajstić information content (AvgIpc) is 3.00. The Morgan fingerprint density at radius 1 is 1.00 bits per heavy atom. The second-order valence-corrected chi connectivity index (χ2v) is 6.80. The molecule has 0 radical (unpaired) electrons. The molecule has 0 aliphatic carbocycles. The van der Waals surface area contributed by atoms with Crippen LogP contribution in [0.25, 0.3) is 6.08 Å². The molecule has 140 valence electrons. The van der Waals surface area contributed by atoms with E-state index in [0.717, 1.165) is 11.3 Å². The summed E-state index contributed by atoms with van der Waals surface area (Å²) in [5.74, 6) is 1.49. The van der Waals surface area contributed by atoms with Crippen molar-refractivity contribution in [3.05, 3.63) is 52.4 Å². The first kappa shape index (κ1) is 18.8. The van der Waals surface area contributed by atoms with Gasteiger partial charge in [0, 0.05) is 11.6 Å². The fraction of sp³-hybridized carbons (Fsp3) is 0.200. The third-order valence-electron chi connectivity index (χ3n) is 3.91. The zero-order chi connectivity index (χ0) is 19.4. The summed E-state index contributed by atoms with van der Waals surface area (Å²) in [6.45, 7) is 2.00. The maximum Gasteiger partial charge on any atom is 0.264 e. The molecule has 1 heterocycles. The summed E-state index contributed by atoms with van der Waals surface area (Å²) in [5, 5.41) is 3.33. The second-order valence-electron chi connectivity index (χ2n) is 5.77. The summed E-state index contributed by atoms with van der Waals surface area (Å²) in [6, 6.07) is 11.3. The number of hydrogen-bond acceptors (Lipinski definition) is 6. The van der Waals surface area contributed by atoms with Crippen molar-refractivity contribution in [3.63, 3.8) is 0 Å². The van der Waals surface area contributed by atoms with E-state index in [4.69, 9.17) is 14.2 Å². The molecule has 1 fully saturated rings. The molecule has 0 spiro atoms. The van der Waals surface area contributed by atoms with Crippen LogP contribution in [-0.2, 0) is 4.79 Å². The maximum atomic E-state index is 12.3. The van der Waals surface area contributed by atoms with Crippen LogP contribution in [0.5, 0.6) is 17.2 Å². The average molecular weight is 384 g/mol. The highest BCUT2D eigenvalue weighted by Gasteiger charge is 2.24. The van der Waals surface area contributed by atoms with Gasteiger partial charge in [-0.15, -0.1) is 0 Å². The first-order chi connectivity index (χ1) is 13.0. The van der Waals surface area contributed by atoms with Gasteiger partial charge in [0.15, 0.2) is 16.7 Å². The van der Waals surface area contributed by atoms with E-state index in [1.165, 1.54) is 11.8 Å². The van der Waals surface area contributed by atoms with Crippen LogP contribution in [0.3, 0.4) is 0 Å². The maximum absolute atomic E-state index is 12.3. The number of ether oxygens (including phenoxy) is 3. The molecule has 1 saturated heterocycles. The van der Waals surface area contributed by atoms with E-state index in [-0.39, 0.29) is 5.91 Å². The van der Waals surface area contributed by atoms with Gasteiger partial charge < -0.3 is 19.5 Å². The van der Waals surface area contributed by atoms with Crippen molar-refractivity contribution in [1.29, 1.82) is 0 Å². The van der Waals surface area contributed by atoms with Crippen molar-refractivity contribution >= 4 is 34.6 Å². The molecule has 0 atom stereocenters. The van der Waals surface area contributed by atoms with Gasteiger partial charge in [0.05, 0.1) is 31.9 Å². The lowest BCUT2D eigenvalue weighted by atomic mass is 10.1. The zero-order valence-corrected chi connectivity index (χ0v) is 16.3. The number of hydrogen-bond donors (Lipinski definition) is 1. The van der Waals surface area contributed by atoms with Crippen LogP contribution in [0.4, 0.5) is 5.69 Å². The molecule has 1 aliphatic rings. The highest BCUT2D eigenvalue weighted by Crippen LogP contribution is 2.37. The number of aryl methyl sites for hydroxylation is 1. The first-order valence-electron chi connectivity index (χ1n) is 8.20. The van der Waals surface area contributed by atoms with Crippen LogP contribution in [-0.4, -0.2) is 32.4 Å². The molecule has 0 unspecified atom stereocenters. The number of thioether (sulfide) groups is 1. The van der Waals surface area contributed by atoms with Crippen molar-refractivity contribution < 1.29 is 19.0 Å². The largest absolute Gasteiger partial charge is 0.496 e. The number of aliphatic imine (C=N–C) groups is 1. The van der Waals surface area contributed by atoms with Gasteiger partial charge in [0.25, 0.3) is 5.91 Å². The molecule has 6 nitrogen and oxygen atoms in total. The summed E-state index contributed by atoms with van der Waals surface area (Å²) < 4.78 is 16.0. The van der Waals surface area contributed by atoms with Crippen LogP contribution in [0.15, 0.2) is 46.3 Å². The highest BCUT2D eigenvalue weighted by molar-refractivity contribution is 8.18. The number of carbonyl (C=O) groups is 1. The summed E-state index contributed by atoms with van der Waals surface area (Å²) in [4.78, 5) is 17.4. The Kier molecular flexibility index (Phi) is 5.71. The summed E-state index contributed by atoms with van der Waals surface area (Å²) in [7, 11) is 4.68. The van der Waals surface area contributed by atoms with E-state index in [1.807, 2.05) is 31.2 Å². The molecular weight excluding hydrogens is 364 g/mol. The predicted molar refractivity (Wildman–Crippen MR) is 108 cm³/mol.